The van der Waals surface area contributed by atoms with Gasteiger partial charge in [-0.1, -0.05) is 12.1 Å². The number of nitrogens with zero attached hydrogens (tertiary/aromatic N) is 1. The van der Waals surface area contributed by atoms with Crippen LogP contribution >= 0.6 is 15.7 Å². The molecule has 0 spiro atoms. The summed E-state index contributed by atoms with van der Waals surface area (Å²) in [7, 11) is -6.36. The van der Waals surface area contributed by atoms with Crippen molar-refractivity contribution in [3.8, 4) is 0 Å². The third-order valence-electron chi connectivity index (χ3n) is 5.22. The molecule has 0 saturated heterocycles. The molecule has 0 aliphatic carbocycles. The molecule has 0 fully saturated rings. The molecule has 0 heterocycles. The topological polar surface area (TPSA) is 20.3 Å². The molecule has 0 aliphatic heterocycles. The first kappa shape index (κ1) is 40.2. The molecule has 0 bridgehead atoms. The quantitative estimate of drug-likeness (QED) is 0.0817. The fraction of sp³-hybridized carbons (Fsp3) is 0.423. The SMILES string of the molecule is CP(C)C.Cc1c(C)c(C)c(C)c(C)c1C.F[P-](F)(F)(F)(F)F.[CH-]=C(C=O)c1ccc(N(C)C)cc1.[Ru+2]. The van der Waals surface area contributed by atoms with E-state index in [1.807, 2.05) is 43.3 Å². The zero-order valence-corrected chi connectivity index (χ0v) is 26.9. The number of carbonyl (C=O) groups is 1. The van der Waals surface area contributed by atoms with Crippen LogP contribution in [0.4, 0.5) is 30.9 Å². The molecule has 2 aromatic carbocycles. The smallest absolute Gasteiger partial charge is 0.378 e. The number of hydrogen-bond acceptors (Lipinski definition) is 2. The predicted octanol–water partition coefficient (Wildman–Crippen LogP) is 10.0. The largest absolute Gasteiger partial charge is 2.00 e. The third kappa shape index (κ3) is 20.4. The summed E-state index contributed by atoms with van der Waals surface area (Å²) in [6.45, 7) is 25.4. The normalized spacial score (nSPS) is 12.1. The Morgan fingerprint density at radius 1 is 0.730 bits per heavy atom. The minimum Gasteiger partial charge on any atom is -0.378 e. The Bertz CT molecular complexity index is 917. The van der Waals surface area contributed by atoms with Crippen molar-refractivity contribution in [2.45, 2.75) is 41.5 Å². The van der Waals surface area contributed by atoms with Gasteiger partial charge in [0.15, 0.2) is 0 Å². The zero-order valence-electron chi connectivity index (χ0n) is 23.3. The van der Waals surface area contributed by atoms with Crippen molar-refractivity contribution in [2.24, 2.45) is 0 Å². The van der Waals surface area contributed by atoms with Crippen LogP contribution in [-0.4, -0.2) is 40.4 Å². The summed E-state index contributed by atoms with van der Waals surface area (Å²) in [5.74, 6) is 0. The number of anilines is 1. The average molecular weight is 659 g/mol. The number of allylic oxidation sites excluding steroid dienone is 1. The summed E-state index contributed by atoms with van der Waals surface area (Å²) in [5, 5.41) is 0. The van der Waals surface area contributed by atoms with E-state index in [0.29, 0.717) is 14.2 Å². The molecule has 214 valence electrons. The minimum absolute atomic E-state index is 0. The van der Waals surface area contributed by atoms with Gasteiger partial charge in [-0.3, -0.25) is 0 Å². The molecule has 0 atom stereocenters. The standard InChI is InChI=1S/C12H18.C11H12NO.C3H9P.F6P.Ru/c1-7-8(2)10(4)12(6)11(5)9(7)3;1-9(8-13)10-4-6-11(7-5-10)12(2)3;1-4(2)3;1-7(2,3,4,5)6;/h1-6H3;1,4-8H,2-3H3;1-3H3;;/q;-1;;-1;+2. The molecule has 0 aromatic heterocycles. The van der Waals surface area contributed by atoms with Crippen molar-refractivity contribution < 1.29 is 49.5 Å². The van der Waals surface area contributed by atoms with E-state index in [9.17, 15) is 30.0 Å². The number of halogens is 6. The molecule has 2 rings (SSSR count). The Hall–Kier alpha value is -1.29. The van der Waals surface area contributed by atoms with Crippen LogP contribution in [0.25, 0.3) is 5.57 Å². The van der Waals surface area contributed by atoms with Crippen LogP contribution in [-0.2, 0) is 24.3 Å². The molecule has 0 N–H and O–H groups in total. The van der Waals surface area contributed by atoms with Gasteiger partial charge in [-0.15, -0.1) is 25.6 Å². The van der Waals surface area contributed by atoms with Crippen LogP contribution in [0.3, 0.4) is 0 Å². The van der Waals surface area contributed by atoms with Gasteiger partial charge in [0.1, 0.15) is 0 Å². The molecule has 0 saturated carbocycles. The monoisotopic (exact) mass is 659 g/mol. The second-order valence-corrected chi connectivity index (χ2v) is 13.7. The van der Waals surface area contributed by atoms with Gasteiger partial charge in [0.05, 0.1) is 0 Å². The Morgan fingerprint density at radius 2 is 0.946 bits per heavy atom. The fourth-order valence-electron chi connectivity index (χ4n) is 2.71. The van der Waals surface area contributed by atoms with Crippen molar-refractivity contribution in [1.82, 2.24) is 0 Å². The average Bonchev–Trinajstić information content (AvgIpc) is 2.72. The minimum atomic E-state index is -10.7. The molecule has 0 unspecified atom stereocenters. The molecule has 2 nitrogen and oxygen atoms in total. The fourth-order valence-corrected chi connectivity index (χ4v) is 2.71. The molecule has 0 radical (unpaired) electrons. The third-order valence-corrected chi connectivity index (χ3v) is 5.22. The van der Waals surface area contributed by atoms with E-state index in [0.717, 1.165) is 11.3 Å². The summed E-state index contributed by atoms with van der Waals surface area (Å²) in [4.78, 5) is 12.3. The van der Waals surface area contributed by atoms with Crippen molar-refractivity contribution in [2.75, 3.05) is 39.0 Å². The molecular weight excluding hydrogens is 619 g/mol. The van der Waals surface area contributed by atoms with Crippen LogP contribution in [0.2, 0.25) is 0 Å². The number of rotatable bonds is 3. The van der Waals surface area contributed by atoms with Crippen LogP contribution in [0.15, 0.2) is 24.3 Å². The van der Waals surface area contributed by atoms with Crippen molar-refractivity contribution in [1.29, 1.82) is 0 Å². The first-order valence-corrected chi connectivity index (χ1v) is 15.6. The predicted molar refractivity (Wildman–Crippen MR) is 148 cm³/mol. The van der Waals surface area contributed by atoms with E-state index in [2.05, 4.69) is 61.5 Å². The van der Waals surface area contributed by atoms with Crippen molar-refractivity contribution in [3.05, 3.63) is 69.8 Å². The maximum Gasteiger partial charge on any atom is 2.00 e. The van der Waals surface area contributed by atoms with Crippen LogP contribution in [0, 0.1) is 48.1 Å². The molecular formula is C26H39F6NOP2Ru. The molecule has 0 amide bonds. The van der Waals surface area contributed by atoms with Gasteiger partial charge in [0, 0.05) is 26.1 Å². The van der Waals surface area contributed by atoms with Gasteiger partial charge in [-0.05, 0) is 94.9 Å². The van der Waals surface area contributed by atoms with Crippen molar-refractivity contribution >= 4 is 33.3 Å². The Kier molecular flexibility index (Phi) is 16.0. The summed E-state index contributed by atoms with van der Waals surface area (Å²) in [5.41, 5.74) is 10.8. The number of benzene rings is 2. The van der Waals surface area contributed by atoms with E-state index >= 15 is 0 Å². The summed E-state index contributed by atoms with van der Waals surface area (Å²) in [6, 6.07) is 7.51. The summed E-state index contributed by atoms with van der Waals surface area (Å²) in [6.07, 6.45) is 0.657. The zero-order chi connectivity index (χ0) is 29.3. The van der Waals surface area contributed by atoms with Gasteiger partial charge < -0.3 is 9.69 Å². The Balaban J connectivity index is -0.000000446. The number of hydrogen-bond donors (Lipinski definition) is 0. The molecule has 0 aliphatic rings. The van der Waals surface area contributed by atoms with Crippen LogP contribution in [0.5, 0.6) is 0 Å². The van der Waals surface area contributed by atoms with E-state index in [1.54, 1.807) is 0 Å². The first-order chi connectivity index (χ1) is 15.8. The molecule has 2 aromatic rings. The van der Waals surface area contributed by atoms with Gasteiger partial charge >= 0.3 is 52.5 Å². The van der Waals surface area contributed by atoms with Crippen molar-refractivity contribution in [3.63, 3.8) is 0 Å². The van der Waals surface area contributed by atoms with Gasteiger partial charge in [0.2, 0.25) is 0 Å². The Labute approximate surface area is 232 Å². The van der Waals surface area contributed by atoms with E-state index in [1.165, 1.54) is 33.4 Å². The van der Waals surface area contributed by atoms with Crippen LogP contribution in [0.1, 0.15) is 38.9 Å². The van der Waals surface area contributed by atoms with Gasteiger partial charge in [-0.2, -0.15) is 5.57 Å². The van der Waals surface area contributed by atoms with Gasteiger partial charge in [0.25, 0.3) is 0 Å². The van der Waals surface area contributed by atoms with E-state index < -0.39 is 7.81 Å². The second-order valence-electron chi connectivity index (χ2n) is 9.06. The Morgan fingerprint density at radius 3 is 1.11 bits per heavy atom. The molecule has 11 heteroatoms. The summed E-state index contributed by atoms with van der Waals surface area (Å²) >= 11 is 0. The summed E-state index contributed by atoms with van der Waals surface area (Å²) < 4.78 is 59.2. The maximum absolute atomic E-state index is 10.7. The van der Waals surface area contributed by atoms with Crippen LogP contribution < -0.4 is 4.90 Å². The molecule has 37 heavy (non-hydrogen) atoms. The number of carbonyl (C=O) groups excluding carboxylic acids is 1. The van der Waals surface area contributed by atoms with Gasteiger partial charge in [-0.25, -0.2) is 6.58 Å². The first-order valence-electron chi connectivity index (χ1n) is 10.9. The maximum atomic E-state index is 10.4. The number of aldehydes is 1. The van der Waals surface area contributed by atoms with E-state index in [-0.39, 0.29) is 25.1 Å². The second kappa shape index (κ2) is 14.8. The van der Waals surface area contributed by atoms with E-state index in [4.69, 9.17) is 6.58 Å².